The summed E-state index contributed by atoms with van der Waals surface area (Å²) in [5.41, 5.74) is 6.69. The Morgan fingerprint density at radius 3 is 2.60 bits per heavy atom. The number of benzene rings is 2. The summed E-state index contributed by atoms with van der Waals surface area (Å²) >= 11 is 1.41. The highest BCUT2D eigenvalue weighted by Gasteiger charge is 2.32. The molecule has 0 aliphatic rings. The summed E-state index contributed by atoms with van der Waals surface area (Å²) < 4.78 is 44.4. The molecule has 1 unspecified atom stereocenters. The van der Waals surface area contributed by atoms with Crippen molar-refractivity contribution in [1.82, 2.24) is 9.69 Å². The Balaban J connectivity index is 1.57. The first-order valence-electron chi connectivity index (χ1n) is 7.92. The maximum absolute atomic E-state index is 13.0. The molecule has 0 amide bonds. The van der Waals surface area contributed by atoms with E-state index in [9.17, 15) is 13.2 Å². The number of nitrogens with two attached hydrogens (primary N) is 1. The Labute approximate surface area is 147 Å². The molecule has 25 heavy (non-hydrogen) atoms. The van der Waals surface area contributed by atoms with Gasteiger partial charge in [-0.1, -0.05) is 36.4 Å². The number of nitrogens with one attached hydrogen (secondary N) is 1. The molecule has 1 heterocycles. The highest BCUT2D eigenvalue weighted by molar-refractivity contribution is 7.13. The van der Waals surface area contributed by atoms with E-state index in [1.165, 1.54) is 23.7 Å². The van der Waals surface area contributed by atoms with Gasteiger partial charge in [-0.05, 0) is 42.2 Å². The van der Waals surface area contributed by atoms with Crippen LogP contribution in [0.15, 0.2) is 48.5 Å². The van der Waals surface area contributed by atoms with Gasteiger partial charge in [-0.2, -0.15) is 17.5 Å². The van der Waals surface area contributed by atoms with E-state index in [2.05, 4.69) is 9.69 Å². The molecule has 0 saturated carbocycles. The van der Waals surface area contributed by atoms with Crippen LogP contribution in [0.1, 0.15) is 29.3 Å². The van der Waals surface area contributed by atoms with Gasteiger partial charge in [0.25, 0.3) is 0 Å². The molecule has 0 saturated heterocycles. The molecule has 1 aromatic heterocycles. The molecule has 0 radical (unpaired) electrons. The molecule has 0 fully saturated rings. The molecule has 3 N–H and O–H groups in total. The zero-order valence-corrected chi connectivity index (χ0v) is 14.2. The molecule has 3 aromatic rings. The molecule has 7 heteroatoms. The van der Waals surface area contributed by atoms with Crippen LogP contribution in [0.25, 0.3) is 10.1 Å². The van der Waals surface area contributed by atoms with E-state index >= 15 is 0 Å². The van der Waals surface area contributed by atoms with Gasteiger partial charge in [0, 0.05) is 18.0 Å². The first-order chi connectivity index (χ1) is 12.0. The third-order valence-corrected chi connectivity index (χ3v) is 4.87. The maximum atomic E-state index is 13.0. The van der Waals surface area contributed by atoms with Gasteiger partial charge < -0.3 is 11.1 Å². The van der Waals surface area contributed by atoms with Crippen LogP contribution in [-0.2, 0) is 12.7 Å². The van der Waals surface area contributed by atoms with E-state index in [1.54, 1.807) is 6.07 Å². The van der Waals surface area contributed by atoms with Gasteiger partial charge in [-0.3, -0.25) is 0 Å². The number of nitrogens with zero attached hydrogens (tertiary/aromatic N) is 1. The normalized spacial score (nSPS) is 13.3. The fraction of sp³-hybridized carbons (Fsp3) is 0.278. The Bertz CT molecular complexity index is 845. The lowest BCUT2D eigenvalue weighted by molar-refractivity contribution is -0.138. The minimum absolute atomic E-state index is 0.153. The summed E-state index contributed by atoms with van der Waals surface area (Å²) in [4.78, 5) is 0. The maximum Gasteiger partial charge on any atom is 0.416 e. The summed E-state index contributed by atoms with van der Waals surface area (Å²) in [7, 11) is 0. The first-order valence-corrected chi connectivity index (χ1v) is 8.70. The van der Waals surface area contributed by atoms with Gasteiger partial charge in [-0.25, -0.2) is 0 Å². The number of hydrogen-bond donors (Lipinski definition) is 2. The molecule has 132 valence electrons. The molecule has 0 bridgehead atoms. The van der Waals surface area contributed by atoms with E-state index in [0.29, 0.717) is 13.0 Å². The van der Waals surface area contributed by atoms with Crippen molar-refractivity contribution in [3.63, 3.8) is 0 Å². The van der Waals surface area contributed by atoms with Crippen molar-refractivity contribution in [1.29, 1.82) is 0 Å². The summed E-state index contributed by atoms with van der Waals surface area (Å²) in [6, 6.07) is 13.2. The van der Waals surface area contributed by atoms with E-state index in [0.717, 1.165) is 21.8 Å². The lowest BCUT2D eigenvalue weighted by Crippen LogP contribution is -2.22. The number of hydrogen-bond acceptors (Lipinski definition) is 4. The van der Waals surface area contributed by atoms with Gasteiger partial charge in [0.1, 0.15) is 0 Å². The molecule has 3 rings (SSSR count). The summed E-state index contributed by atoms with van der Waals surface area (Å²) in [5.74, 6) is 0. The average molecular weight is 365 g/mol. The van der Waals surface area contributed by atoms with E-state index in [-0.39, 0.29) is 18.2 Å². The first kappa shape index (κ1) is 17.8. The summed E-state index contributed by atoms with van der Waals surface area (Å²) in [5, 5.41) is 4.09. The van der Waals surface area contributed by atoms with Crippen LogP contribution >= 0.6 is 11.5 Å². The van der Waals surface area contributed by atoms with Crippen molar-refractivity contribution >= 4 is 21.6 Å². The molecule has 2 aromatic carbocycles. The van der Waals surface area contributed by atoms with Crippen molar-refractivity contribution in [2.75, 3.05) is 6.54 Å². The number of halogens is 3. The van der Waals surface area contributed by atoms with Crippen LogP contribution < -0.4 is 11.1 Å². The Hall–Kier alpha value is -1.96. The van der Waals surface area contributed by atoms with E-state index < -0.39 is 11.7 Å². The van der Waals surface area contributed by atoms with Crippen LogP contribution in [0, 0.1) is 0 Å². The molecule has 3 nitrogen and oxygen atoms in total. The number of rotatable bonds is 6. The number of aromatic nitrogens is 1. The smallest absolute Gasteiger partial charge is 0.323 e. The molecule has 0 aliphatic heterocycles. The fourth-order valence-electron chi connectivity index (χ4n) is 2.74. The summed E-state index contributed by atoms with van der Waals surface area (Å²) in [6.45, 7) is 0.666. The van der Waals surface area contributed by atoms with Crippen molar-refractivity contribution in [2.45, 2.75) is 25.2 Å². The van der Waals surface area contributed by atoms with E-state index in [4.69, 9.17) is 5.73 Å². The zero-order chi connectivity index (χ0) is 17.9. The van der Waals surface area contributed by atoms with Gasteiger partial charge in [-0.15, -0.1) is 0 Å². The minimum atomic E-state index is -4.34. The number of alkyl halides is 3. The van der Waals surface area contributed by atoms with E-state index in [1.807, 2.05) is 24.3 Å². The van der Waals surface area contributed by atoms with Crippen LogP contribution in [-0.4, -0.2) is 10.9 Å². The Kier molecular flexibility index (Phi) is 5.36. The van der Waals surface area contributed by atoms with Crippen molar-refractivity contribution in [3.05, 3.63) is 65.4 Å². The molecule has 0 aliphatic carbocycles. The van der Waals surface area contributed by atoms with Crippen molar-refractivity contribution < 1.29 is 13.2 Å². The Morgan fingerprint density at radius 1 is 1.08 bits per heavy atom. The minimum Gasteiger partial charge on any atom is -0.323 e. The SMILES string of the molecule is NC(CCNCc1ccccc1C(F)(F)F)c1nsc2ccccc12. The fourth-order valence-corrected chi connectivity index (χ4v) is 3.58. The van der Waals surface area contributed by atoms with Gasteiger partial charge in [0.05, 0.1) is 16.0 Å². The lowest BCUT2D eigenvalue weighted by Gasteiger charge is -2.14. The third kappa shape index (κ3) is 4.18. The molecule has 1 atom stereocenters. The van der Waals surface area contributed by atoms with Gasteiger partial charge >= 0.3 is 6.18 Å². The second-order valence-electron chi connectivity index (χ2n) is 5.79. The van der Waals surface area contributed by atoms with Crippen molar-refractivity contribution in [2.24, 2.45) is 5.73 Å². The standard InChI is InChI=1S/C18H18F3N3S/c19-18(20,21)14-7-3-1-5-12(14)11-23-10-9-15(22)17-13-6-2-4-8-16(13)25-24-17/h1-8,15,23H,9-11,22H2. The topological polar surface area (TPSA) is 50.9 Å². The van der Waals surface area contributed by atoms with Gasteiger partial charge in [0.2, 0.25) is 0 Å². The summed E-state index contributed by atoms with van der Waals surface area (Å²) in [6.07, 6.45) is -3.74. The molecular formula is C18H18F3N3S. The quantitative estimate of drug-likeness (QED) is 0.633. The zero-order valence-electron chi connectivity index (χ0n) is 13.4. The molecule has 0 spiro atoms. The monoisotopic (exact) mass is 365 g/mol. The van der Waals surface area contributed by atoms with Crippen LogP contribution in [0.4, 0.5) is 13.2 Å². The highest BCUT2D eigenvalue weighted by atomic mass is 32.1. The average Bonchev–Trinajstić information content (AvgIpc) is 3.02. The largest absolute Gasteiger partial charge is 0.416 e. The Morgan fingerprint density at radius 2 is 1.80 bits per heavy atom. The second kappa shape index (κ2) is 7.51. The predicted octanol–water partition coefficient (Wildman–Crippen LogP) is 4.49. The highest BCUT2D eigenvalue weighted by Crippen LogP contribution is 2.32. The van der Waals surface area contributed by atoms with Gasteiger partial charge in [0.15, 0.2) is 0 Å². The third-order valence-electron chi connectivity index (χ3n) is 4.03. The van der Waals surface area contributed by atoms with Crippen molar-refractivity contribution in [3.8, 4) is 0 Å². The van der Waals surface area contributed by atoms with Crippen LogP contribution in [0.3, 0.4) is 0 Å². The van der Waals surface area contributed by atoms with Crippen LogP contribution in [0.2, 0.25) is 0 Å². The lowest BCUT2D eigenvalue weighted by atomic mass is 10.1. The molecular weight excluding hydrogens is 347 g/mol. The van der Waals surface area contributed by atoms with Crippen LogP contribution in [0.5, 0.6) is 0 Å². The number of fused-ring (bicyclic) bond motifs is 1. The predicted molar refractivity (Wildman–Crippen MR) is 94.3 cm³/mol. The second-order valence-corrected chi connectivity index (χ2v) is 6.60.